The van der Waals surface area contributed by atoms with E-state index < -0.39 is 0 Å². The number of hydrogen-bond donors (Lipinski definition) is 0. The maximum atomic E-state index is 12.3. The molecule has 1 saturated heterocycles. The Kier molecular flexibility index (Phi) is 4.58. The van der Waals surface area contributed by atoms with E-state index >= 15 is 0 Å². The van der Waals surface area contributed by atoms with Gasteiger partial charge in [-0.1, -0.05) is 35.0 Å². The Morgan fingerprint density at radius 3 is 2.58 bits per heavy atom. The minimum Gasteiger partial charge on any atom is -0.459 e. The van der Waals surface area contributed by atoms with Gasteiger partial charge in [-0.2, -0.15) is 0 Å². The van der Waals surface area contributed by atoms with Gasteiger partial charge in [0.15, 0.2) is 11.5 Å². The Bertz CT molecular complexity index is 860. The van der Waals surface area contributed by atoms with Crippen LogP contribution in [0.15, 0.2) is 57.7 Å². The number of rotatable bonds is 4. The highest BCUT2D eigenvalue weighted by Crippen LogP contribution is 2.21. The Balaban J connectivity index is 1.33. The maximum absolute atomic E-state index is 12.3. The van der Waals surface area contributed by atoms with Crippen molar-refractivity contribution in [3.63, 3.8) is 0 Å². The molecule has 0 spiro atoms. The van der Waals surface area contributed by atoms with Gasteiger partial charge in [-0.3, -0.25) is 9.69 Å². The van der Waals surface area contributed by atoms with Crippen LogP contribution in [0, 0.1) is 6.92 Å². The van der Waals surface area contributed by atoms with Crippen molar-refractivity contribution in [2.24, 2.45) is 0 Å². The molecule has 0 N–H and O–H groups in total. The van der Waals surface area contributed by atoms with Gasteiger partial charge in [-0.15, -0.1) is 0 Å². The molecule has 1 amide bonds. The van der Waals surface area contributed by atoms with Crippen LogP contribution in [0.25, 0.3) is 11.3 Å². The molecule has 0 saturated carbocycles. The fourth-order valence-corrected chi connectivity index (χ4v) is 3.13. The molecule has 0 radical (unpaired) electrons. The monoisotopic (exact) mass is 351 g/mol. The second-order valence-corrected chi connectivity index (χ2v) is 6.59. The number of carbonyl (C=O) groups is 1. The first-order valence-electron chi connectivity index (χ1n) is 8.77. The third-order valence-corrected chi connectivity index (χ3v) is 4.68. The average molecular weight is 351 g/mol. The quantitative estimate of drug-likeness (QED) is 0.722. The number of aromatic nitrogens is 1. The van der Waals surface area contributed by atoms with Crippen molar-refractivity contribution in [1.29, 1.82) is 0 Å². The van der Waals surface area contributed by atoms with Gasteiger partial charge in [-0.05, 0) is 19.1 Å². The smallest absolute Gasteiger partial charge is 0.289 e. The molecule has 0 aliphatic carbocycles. The van der Waals surface area contributed by atoms with E-state index in [1.165, 1.54) is 11.8 Å². The van der Waals surface area contributed by atoms with Gasteiger partial charge >= 0.3 is 0 Å². The van der Waals surface area contributed by atoms with Gasteiger partial charge in [-0.25, -0.2) is 0 Å². The topological polar surface area (TPSA) is 62.7 Å². The summed E-state index contributed by atoms with van der Waals surface area (Å²) in [5.41, 5.74) is 3.13. The van der Waals surface area contributed by atoms with Gasteiger partial charge in [0, 0.05) is 37.8 Å². The van der Waals surface area contributed by atoms with Crippen molar-refractivity contribution in [1.82, 2.24) is 15.0 Å². The zero-order valence-corrected chi connectivity index (χ0v) is 14.7. The minimum atomic E-state index is -0.0454. The summed E-state index contributed by atoms with van der Waals surface area (Å²) in [6.45, 7) is 5.72. The van der Waals surface area contributed by atoms with Crippen LogP contribution in [0.4, 0.5) is 0 Å². The average Bonchev–Trinajstić information content (AvgIpc) is 3.35. The number of nitrogens with zero attached hydrogens (tertiary/aromatic N) is 3. The van der Waals surface area contributed by atoms with Crippen LogP contribution in [0.3, 0.4) is 0 Å². The Morgan fingerprint density at radius 2 is 1.88 bits per heavy atom. The molecule has 3 aromatic rings. The molecular weight excluding hydrogens is 330 g/mol. The summed E-state index contributed by atoms with van der Waals surface area (Å²) in [5.74, 6) is 1.19. The SMILES string of the molecule is Cc1ccc(-c2cc(CN3CCN(C(=O)c4ccco4)CC3)on2)cc1. The molecule has 134 valence electrons. The molecule has 1 aromatic carbocycles. The summed E-state index contributed by atoms with van der Waals surface area (Å²) >= 11 is 0. The van der Waals surface area contributed by atoms with Crippen molar-refractivity contribution in [2.75, 3.05) is 26.2 Å². The van der Waals surface area contributed by atoms with Crippen LogP contribution in [-0.2, 0) is 6.54 Å². The van der Waals surface area contributed by atoms with Crippen LogP contribution in [-0.4, -0.2) is 47.0 Å². The summed E-state index contributed by atoms with van der Waals surface area (Å²) in [6.07, 6.45) is 1.53. The Hall–Kier alpha value is -2.86. The summed E-state index contributed by atoms with van der Waals surface area (Å²) < 4.78 is 10.7. The van der Waals surface area contributed by atoms with Crippen LogP contribution in [0.2, 0.25) is 0 Å². The number of amides is 1. The van der Waals surface area contributed by atoms with E-state index in [-0.39, 0.29) is 5.91 Å². The van der Waals surface area contributed by atoms with Crippen LogP contribution in [0.5, 0.6) is 0 Å². The molecule has 6 nitrogen and oxygen atoms in total. The van der Waals surface area contributed by atoms with E-state index in [0.717, 1.165) is 30.1 Å². The Labute approximate surface area is 152 Å². The molecule has 2 aromatic heterocycles. The lowest BCUT2D eigenvalue weighted by Crippen LogP contribution is -2.48. The van der Waals surface area contributed by atoms with Crippen molar-refractivity contribution in [2.45, 2.75) is 13.5 Å². The van der Waals surface area contributed by atoms with E-state index in [2.05, 4.69) is 41.2 Å². The third-order valence-electron chi connectivity index (χ3n) is 4.68. The lowest BCUT2D eigenvalue weighted by atomic mass is 10.1. The molecule has 0 bridgehead atoms. The molecule has 1 aliphatic rings. The predicted octanol–water partition coefficient (Wildman–Crippen LogP) is 3.20. The number of aryl methyl sites for hydroxylation is 1. The highest BCUT2D eigenvalue weighted by atomic mass is 16.5. The summed E-state index contributed by atoms with van der Waals surface area (Å²) in [5, 5.41) is 4.18. The van der Waals surface area contributed by atoms with Crippen LogP contribution < -0.4 is 0 Å². The molecule has 3 heterocycles. The van der Waals surface area contributed by atoms with Gasteiger partial charge < -0.3 is 13.8 Å². The van der Waals surface area contributed by atoms with Crippen LogP contribution in [0.1, 0.15) is 21.9 Å². The fraction of sp³-hybridized carbons (Fsp3) is 0.300. The van der Waals surface area contributed by atoms with Crippen molar-refractivity contribution < 1.29 is 13.7 Å². The normalized spacial score (nSPS) is 15.3. The summed E-state index contributed by atoms with van der Waals surface area (Å²) in [6, 6.07) is 13.7. The standard InChI is InChI=1S/C20H21N3O3/c1-15-4-6-16(7-5-15)18-13-17(26-21-18)14-22-8-10-23(11-9-22)20(24)19-3-2-12-25-19/h2-7,12-13H,8-11,14H2,1H3. The fourth-order valence-electron chi connectivity index (χ4n) is 3.13. The van der Waals surface area contributed by atoms with Gasteiger partial charge in [0.25, 0.3) is 5.91 Å². The highest BCUT2D eigenvalue weighted by Gasteiger charge is 2.24. The predicted molar refractivity (Wildman–Crippen MR) is 96.6 cm³/mol. The Morgan fingerprint density at radius 1 is 1.12 bits per heavy atom. The summed E-state index contributed by atoms with van der Waals surface area (Å²) in [4.78, 5) is 16.4. The minimum absolute atomic E-state index is 0.0454. The number of hydrogen-bond acceptors (Lipinski definition) is 5. The first-order chi connectivity index (χ1) is 12.7. The largest absolute Gasteiger partial charge is 0.459 e. The molecule has 0 unspecified atom stereocenters. The van der Waals surface area contributed by atoms with E-state index in [1.807, 2.05) is 11.0 Å². The number of benzene rings is 1. The zero-order chi connectivity index (χ0) is 17.9. The lowest BCUT2D eigenvalue weighted by molar-refractivity contribution is 0.0587. The van der Waals surface area contributed by atoms with E-state index in [1.54, 1.807) is 12.1 Å². The first-order valence-corrected chi connectivity index (χ1v) is 8.77. The molecule has 1 fully saturated rings. The van der Waals surface area contributed by atoms with E-state index in [9.17, 15) is 4.79 Å². The molecule has 1 aliphatic heterocycles. The number of piperazine rings is 1. The van der Waals surface area contributed by atoms with E-state index in [4.69, 9.17) is 8.94 Å². The molecule has 26 heavy (non-hydrogen) atoms. The van der Waals surface area contributed by atoms with Crippen molar-refractivity contribution in [3.05, 3.63) is 65.8 Å². The van der Waals surface area contributed by atoms with Gasteiger partial charge in [0.2, 0.25) is 0 Å². The molecule has 4 rings (SSSR count). The van der Waals surface area contributed by atoms with Crippen molar-refractivity contribution in [3.8, 4) is 11.3 Å². The van der Waals surface area contributed by atoms with Crippen molar-refractivity contribution >= 4 is 5.91 Å². The lowest BCUT2D eigenvalue weighted by Gasteiger charge is -2.33. The van der Waals surface area contributed by atoms with Gasteiger partial charge in [0.1, 0.15) is 5.69 Å². The molecule has 0 atom stereocenters. The van der Waals surface area contributed by atoms with E-state index in [0.29, 0.717) is 25.4 Å². The highest BCUT2D eigenvalue weighted by molar-refractivity contribution is 5.91. The summed E-state index contributed by atoms with van der Waals surface area (Å²) in [7, 11) is 0. The third kappa shape index (κ3) is 3.55. The second-order valence-electron chi connectivity index (χ2n) is 6.59. The van der Waals surface area contributed by atoms with Gasteiger partial charge in [0.05, 0.1) is 12.8 Å². The molecular formula is C20H21N3O3. The maximum Gasteiger partial charge on any atom is 0.289 e. The second kappa shape index (κ2) is 7.17. The molecule has 6 heteroatoms. The van der Waals surface area contributed by atoms with Crippen LogP contribution >= 0.6 is 0 Å². The zero-order valence-electron chi connectivity index (χ0n) is 14.7. The number of carbonyl (C=O) groups excluding carboxylic acids is 1. The number of furan rings is 1. The first kappa shape index (κ1) is 16.6.